The Bertz CT molecular complexity index is 418. The summed E-state index contributed by atoms with van der Waals surface area (Å²) in [6.45, 7) is 6.76. The van der Waals surface area contributed by atoms with E-state index in [2.05, 4.69) is 49.9 Å². The number of piperidine rings is 1. The fraction of sp³-hybridized carbons (Fsp3) is 0.750. The number of hydrogen-bond donors (Lipinski definition) is 1. The summed E-state index contributed by atoms with van der Waals surface area (Å²) in [5.41, 5.74) is 6.45. The predicted molar refractivity (Wildman–Crippen MR) is 88.3 cm³/mol. The number of rotatable bonds is 5. The third kappa shape index (κ3) is 3.61. The quantitative estimate of drug-likeness (QED) is 0.906. The molecule has 3 nitrogen and oxygen atoms in total. The molecule has 0 spiro atoms. The van der Waals surface area contributed by atoms with Gasteiger partial charge in [0.25, 0.3) is 0 Å². The molecular weight excluding hydrogens is 266 g/mol. The molecular formula is C16H29N3S. The molecule has 2 rings (SSSR count). The second-order valence-corrected chi connectivity index (χ2v) is 7.51. The van der Waals surface area contributed by atoms with Crippen LogP contribution < -0.4 is 5.73 Å². The van der Waals surface area contributed by atoms with Gasteiger partial charge in [0.1, 0.15) is 0 Å². The Kier molecular flexibility index (Phi) is 5.61. The number of likely N-dealkylation sites (N-methyl/N-ethyl adjacent to an activating group) is 2. The van der Waals surface area contributed by atoms with Crippen LogP contribution in [0.2, 0.25) is 0 Å². The number of thiophene rings is 1. The summed E-state index contributed by atoms with van der Waals surface area (Å²) in [6, 6.07) is 5.68. The zero-order chi connectivity index (χ0) is 14.7. The maximum absolute atomic E-state index is 6.45. The van der Waals surface area contributed by atoms with Crippen molar-refractivity contribution in [3.63, 3.8) is 0 Å². The van der Waals surface area contributed by atoms with Gasteiger partial charge in [0.15, 0.2) is 0 Å². The lowest BCUT2D eigenvalue weighted by Crippen LogP contribution is -2.49. The molecule has 1 aliphatic rings. The zero-order valence-electron chi connectivity index (χ0n) is 13.3. The topological polar surface area (TPSA) is 32.5 Å². The van der Waals surface area contributed by atoms with E-state index >= 15 is 0 Å². The van der Waals surface area contributed by atoms with Crippen LogP contribution in [0, 0.1) is 6.92 Å². The average Bonchev–Trinajstić information content (AvgIpc) is 2.85. The Balaban J connectivity index is 2.17. The van der Waals surface area contributed by atoms with E-state index in [-0.39, 0.29) is 6.04 Å². The lowest BCUT2D eigenvalue weighted by molar-refractivity contribution is 0.0875. The number of hydrogen-bond acceptors (Lipinski definition) is 4. The van der Waals surface area contributed by atoms with Gasteiger partial charge in [-0.15, -0.1) is 11.3 Å². The first kappa shape index (κ1) is 16.0. The van der Waals surface area contributed by atoms with Crippen LogP contribution in [-0.2, 0) is 0 Å². The van der Waals surface area contributed by atoms with Gasteiger partial charge in [0, 0.05) is 28.4 Å². The molecule has 2 heterocycles. The van der Waals surface area contributed by atoms with E-state index in [4.69, 9.17) is 5.73 Å². The number of nitrogens with zero attached hydrogens (tertiary/aromatic N) is 2. The Labute approximate surface area is 127 Å². The molecule has 0 aliphatic carbocycles. The Morgan fingerprint density at radius 1 is 1.50 bits per heavy atom. The van der Waals surface area contributed by atoms with E-state index in [1.807, 2.05) is 11.3 Å². The van der Waals surface area contributed by atoms with E-state index in [9.17, 15) is 0 Å². The SMILES string of the molecule is CCC(N)C(c1ccc(C)s1)N(C)C1CCCN(C)C1. The molecule has 0 radical (unpaired) electrons. The van der Waals surface area contributed by atoms with Crippen LogP contribution in [0.3, 0.4) is 0 Å². The number of likely N-dealkylation sites (tertiary alicyclic amines) is 1. The van der Waals surface area contributed by atoms with E-state index in [1.165, 1.54) is 29.1 Å². The van der Waals surface area contributed by atoms with Crippen LogP contribution in [0.4, 0.5) is 0 Å². The third-order valence-corrected chi connectivity index (χ3v) is 5.62. The second-order valence-electron chi connectivity index (χ2n) is 6.19. The monoisotopic (exact) mass is 295 g/mol. The Morgan fingerprint density at radius 3 is 2.80 bits per heavy atom. The van der Waals surface area contributed by atoms with Gasteiger partial charge in [-0.25, -0.2) is 0 Å². The summed E-state index contributed by atoms with van der Waals surface area (Å²) in [5, 5.41) is 0. The first-order chi connectivity index (χ1) is 9.52. The fourth-order valence-corrected chi connectivity index (χ4v) is 4.35. The Hall–Kier alpha value is -0.420. The summed E-state index contributed by atoms with van der Waals surface area (Å²) in [4.78, 5) is 7.78. The minimum atomic E-state index is 0.213. The molecule has 0 bridgehead atoms. The maximum Gasteiger partial charge on any atom is 0.0593 e. The van der Waals surface area contributed by atoms with Crippen molar-refractivity contribution < 1.29 is 0 Å². The van der Waals surface area contributed by atoms with Gasteiger partial charge in [0.2, 0.25) is 0 Å². The molecule has 1 aromatic rings. The van der Waals surface area contributed by atoms with Crippen LogP contribution in [-0.4, -0.2) is 49.1 Å². The fourth-order valence-electron chi connectivity index (χ4n) is 3.25. The molecule has 1 aliphatic heterocycles. The van der Waals surface area contributed by atoms with E-state index in [1.54, 1.807) is 0 Å². The predicted octanol–water partition coefficient (Wildman–Crippen LogP) is 2.86. The van der Waals surface area contributed by atoms with Gasteiger partial charge in [-0.1, -0.05) is 6.92 Å². The first-order valence-corrected chi connectivity index (χ1v) is 8.57. The summed E-state index contributed by atoms with van der Waals surface area (Å²) in [5.74, 6) is 0. The molecule has 3 atom stereocenters. The van der Waals surface area contributed by atoms with Gasteiger partial charge >= 0.3 is 0 Å². The van der Waals surface area contributed by atoms with Gasteiger partial charge in [0.05, 0.1) is 6.04 Å². The van der Waals surface area contributed by atoms with Crippen molar-refractivity contribution in [3.05, 3.63) is 21.9 Å². The maximum atomic E-state index is 6.45. The molecule has 1 aromatic heterocycles. The lowest BCUT2D eigenvalue weighted by Gasteiger charge is -2.41. The average molecular weight is 295 g/mol. The van der Waals surface area contributed by atoms with Gasteiger partial charge < -0.3 is 10.6 Å². The van der Waals surface area contributed by atoms with Crippen LogP contribution >= 0.6 is 11.3 Å². The second kappa shape index (κ2) is 7.03. The van der Waals surface area contributed by atoms with Crippen molar-refractivity contribution in [2.24, 2.45) is 5.73 Å². The van der Waals surface area contributed by atoms with Gasteiger partial charge in [-0.05, 0) is 59.0 Å². The van der Waals surface area contributed by atoms with E-state index < -0.39 is 0 Å². The highest BCUT2D eigenvalue weighted by Crippen LogP contribution is 2.32. The lowest BCUT2D eigenvalue weighted by atomic mass is 9.98. The van der Waals surface area contributed by atoms with Crippen molar-refractivity contribution in [2.45, 2.75) is 51.2 Å². The van der Waals surface area contributed by atoms with E-state index in [0.717, 1.165) is 13.0 Å². The normalized spacial score (nSPS) is 24.0. The van der Waals surface area contributed by atoms with Crippen molar-refractivity contribution in [2.75, 3.05) is 27.2 Å². The summed E-state index contributed by atoms with van der Waals surface area (Å²) in [7, 11) is 4.49. The van der Waals surface area contributed by atoms with Gasteiger partial charge in [-0.2, -0.15) is 0 Å². The van der Waals surface area contributed by atoms with Crippen LogP contribution in [0.5, 0.6) is 0 Å². The zero-order valence-corrected chi connectivity index (χ0v) is 14.1. The van der Waals surface area contributed by atoms with Crippen molar-refractivity contribution in [1.29, 1.82) is 0 Å². The smallest absolute Gasteiger partial charge is 0.0593 e. The molecule has 114 valence electrons. The molecule has 20 heavy (non-hydrogen) atoms. The minimum absolute atomic E-state index is 0.213. The molecule has 3 unspecified atom stereocenters. The van der Waals surface area contributed by atoms with Crippen LogP contribution in [0.1, 0.15) is 42.0 Å². The number of nitrogens with two attached hydrogens (primary N) is 1. The van der Waals surface area contributed by atoms with Crippen molar-refractivity contribution in [3.8, 4) is 0 Å². The summed E-state index contributed by atoms with van der Waals surface area (Å²) >= 11 is 1.90. The standard InChI is InChI=1S/C16H29N3S/c1-5-14(17)16(15-9-8-12(2)20-15)19(4)13-7-6-10-18(3)11-13/h8-9,13-14,16H,5-7,10-11,17H2,1-4H3. The molecule has 2 N–H and O–H groups in total. The van der Waals surface area contributed by atoms with Crippen molar-refractivity contribution in [1.82, 2.24) is 9.80 Å². The summed E-state index contributed by atoms with van der Waals surface area (Å²) in [6.07, 6.45) is 3.61. The van der Waals surface area contributed by atoms with Gasteiger partial charge in [-0.3, -0.25) is 4.90 Å². The largest absolute Gasteiger partial charge is 0.326 e. The highest BCUT2D eigenvalue weighted by molar-refractivity contribution is 7.12. The number of aryl methyl sites for hydroxylation is 1. The molecule has 0 aromatic carbocycles. The summed E-state index contributed by atoms with van der Waals surface area (Å²) < 4.78 is 0. The highest BCUT2D eigenvalue weighted by atomic mass is 32.1. The first-order valence-electron chi connectivity index (χ1n) is 7.75. The molecule has 1 saturated heterocycles. The molecule has 4 heteroatoms. The van der Waals surface area contributed by atoms with E-state index in [0.29, 0.717) is 12.1 Å². The highest BCUT2D eigenvalue weighted by Gasteiger charge is 2.31. The molecule has 0 amide bonds. The Morgan fingerprint density at radius 2 is 2.25 bits per heavy atom. The van der Waals surface area contributed by atoms with Crippen LogP contribution in [0.25, 0.3) is 0 Å². The molecule has 0 saturated carbocycles. The minimum Gasteiger partial charge on any atom is -0.326 e. The molecule has 1 fully saturated rings. The van der Waals surface area contributed by atoms with Crippen molar-refractivity contribution >= 4 is 11.3 Å². The third-order valence-electron chi connectivity index (χ3n) is 4.54. The van der Waals surface area contributed by atoms with Crippen LogP contribution in [0.15, 0.2) is 12.1 Å².